The monoisotopic (exact) mass is 256 g/mol. The van der Waals surface area contributed by atoms with Crippen LogP contribution in [0.1, 0.15) is 46.5 Å². The first-order valence-corrected chi connectivity index (χ1v) is 7.30. The maximum Gasteiger partial charge on any atom is 0.251 e. The van der Waals surface area contributed by atoms with E-state index in [1.807, 2.05) is 11.8 Å². The second-order valence-corrected chi connectivity index (χ2v) is 5.12. The molecule has 0 bridgehead atoms. The molecule has 1 saturated heterocycles. The Hall–Kier alpha value is -0.610. The smallest absolute Gasteiger partial charge is 0.251 e. The van der Waals surface area contributed by atoms with Crippen LogP contribution in [0.2, 0.25) is 0 Å². The molecule has 106 valence electrons. The quantitative estimate of drug-likeness (QED) is 0.755. The van der Waals surface area contributed by atoms with Crippen molar-refractivity contribution in [1.29, 1.82) is 0 Å². The fraction of sp³-hybridized carbons (Fsp3) is 0.929. The molecule has 1 aliphatic heterocycles. The van der Waals surface area contributed by atoms with Gasteiger partial charge in [0.15, 0.2) is 0 Å². The molecule has 2 N–H and O–H groups in total. The van der Waals surface area contributed by atoms with Gasteiger partial charge in [-0.1, -0.05) is 26.7 Å². The molecule has 4 nitrogen and oxygen atoms in total. The second kappa shape index (κ2) is 7.74. The van der Waals surface area contributed by atoms with Crippen molar-refractivity contribution in [2.24, 2.45) is 11.7 Å². The number of rotatable bonds is 7. The molecule has 2 atom stereocenters. The average molecular weight is 256 g/mol. The molecule has 1 fully saturated rings. The normalized spacial score (nSPS) is 23.6. The highest BCUT2D eigenvalue weighted by molar-refractivity contribution is 5.81. The lowest BCUT2D eigenvalue weighted by atomic mass is 10.0. The van der Waals surface area contributed by atoms with Gasteiger partial charge in [0.1, 0.15) is 6.10 Å². The minimum atomic E-state index is -0.257. The fourth-order valence-electron chi connectivity index (χ4n) is 2.50. The van der Waals surface area contributed by atoms with Gasteiger partial charge in [0.2, 0.25) is 0 Å². The number of carbonyl (C=O) groups is 1. The van der Waals surface area contributed by atoms with Gasteiger partial charge >= 0.3 is 0 Å². The van der Waals surface area contributed by atoms with Crippen molar-refractivity contribution in [3.63, 3.8) is 0 Å². The number of nitrogens with two attached hydrogens (primary N) is 1. The van der Waals surface area contributed by atoms with Crippen LogP contribution in [0.15, 0.2) is 0 Å². The third-order valence-corrected chi connectivity index (χ3v) is 3.97. The molecule has 0 saturated carbocycles. The summed E-state index contributed by atoms with van der Waals surface area (Å²) in [6.07, 6.45) is 3.79. The van der Waals surface area contributed by atoms with Gasteiger partial charge in [-0.3, -0.25) is 4.79 Å². The molecule has 0 radical (unpaired) electrons. The van der Waals surface area contributed by atoms with E-state index in [-0.39, 0.29) is 18.1 Å². The Kier molecular flexibility index (Phi) is 6.65. The molecule has 0 aromatic carbocycles. The highest BCUT2D eigenvalue weighted by atomic mass is 16.5. The molecule has 0 aromatic rings. The lowest BCUT2D eigenvalue weighted by Gasteiger charge is -2.27. The minimum Gasteiger partial charge on any atom is -0.364 e. The Morgan fingerprint density at radius 3 is 2.44 bits per heavy atom. The van der Waals surface area contributed by atoms with E-state index < -0.39 is 0 Å². The van der Waals surface area contributed by atoms with Gasteiger partial charge in [0.25, 0.3) is 5.91 Å². The van der Waals surface area contributed by atoms with Crippen LogP contribution in [0.25, 0.3) is 0 Å². The summed E-state index contributed by atoms with van der Waals surface area (Å²) in [7, 11) is 0. The van der Waals surface area contributed by atoms with Crippen LogP contribution < -0.4 is 5.73 Å². The first kappa shape index (κ1) is 15.4. The maximum absolute atomic E-state index is 12.4. The van der Waals surface area contributed by atoms with Crippen LogP contribution in [0.5, 0.6) is 0 Å². The summed E-state index contributed by atoms with van der Waals surface area (Å²) in [5.74, 6) is 0.751. The van der Waals surface area contributed by atoms with Crippen molar-refractivity contribution in [1.82, 2.24) is 4.90 Å². The number of hydrogen-bond acceptors (Lipinski definition) is 3. The van der Waals surface area contributed by atoms with Gasteiger partial charge in [0.05, 0.1) is 6.10 Å². The van der Waals surface area contributed by atoms with Crippen LogP contribution >= 0.6 is 0 Å². The first-order chi connectivity index (χ1) is 8.65. The summed E-state index contributed by atoms with van der Waals surface area (Å²) in [5, 5.41) is 0. The van der Waals surface area contributed by atoms with Crippen LogP contribution in [0.3, 0.4) is 0 Å². The number of carbonyl (C=O) groups excluding carboxylic acids is 1. The van der Waals surface area contributed by atoms with Crippen LogP contribution in [0, 0.1) is 5.92 Å². The SMILES string of the molecule is CCC(CC)CN(CC)C(=O)[C@@H]1CC[C@H](CN)O1. The Morgan fingerprint density at radius 2 is 2.00 bits per heavy atom. The second-order valence-electron chi connectivity index (χ2n) is 5.12. The third kappa shape index (κ3) is 3.95. The zero-order chi connectivity index (χ0) is 13.5. The van der Waals surface area contributed by atoms with E-state index in [0.717, 1.165) is 38.8 Å². The molecule has 1 aliphatic rings. The summed E-state index contributed by atoms with van der Waals surface area (Å²) in [6, 6.07) is 0. The van der Waals surface area contributed by atoms with E-state index in [4.69, 9.17) is 10.5 Å². The summed E-state index contributed by atoms with van der Waals surface area (Å²) >= 11 is 0. The number of likely N-dealkylation sites (N-methyl/N-ethyl adjacent to an activating group) is 1. The Morgan fingerprint density at radius 1 is 1.33 bits per heavy atom. The standard InChI is InChI=1S/C14H28N2O2/c1-4-11(5-2)10-16(6-3)14(17)13-8-7-12(9-15)18-13/h11-13H,4-10,15H2,1-3H3/t12-,13+/m1/s1. The fourth-order valence-corrected chi connectivity index (χ4v) is 2.50. The molecule has 1 rings (SSSR count). The first-order valence-electron chi connectivity index (χ1n) is 7.30. The van der Waals surface area contributed by atoms with Crippen molar-refractivity contribution in [2.75, 3.05) is 19.6 Å². The van der Waals surface area contributed by atoms with Gasteiger partial charge in [0, 0.05) is 19.6 Å². The van der Waals surface area contributed by atoms with Crippen molar-refractivity contribution < 1.29 is 9.53 Å². The van der Waals surface area contributed by atoms with E-state index in [0.29, 0.717) is 12.5 Å². The summed E-state index contributed by atoms with van der Waals surface area (Å²) in [6.45, 7) is 8.54. The Balaban J connectivity index is 2.51. The highest BCUT2D eigenvalue weighted by Crippen LogP contribution is 2.21. The van der Waals surface area contributed by atoms with E-state index in [2.05, 4.69) is 13.8 Å². The van der Waals surface area contributed by atoms with Crippen molar-refractivity contribution in [3.05, 3.63) is 0 Å². The predicted molar refractivity (Wildman–Crippen MR) is 73.3 cm³/mol. The van der Waals surface area contributed by atoms with Crippen molar-refractivity contribution in [2.45, 2.75) is 58.7 Å². The lowest BCUT2D eigenvalue weighted by molar-refractivity contribution is -0.143. The zero-order valence-corrected chi connectivity index (χ0v) is 12.0. The number of hydrogen-bond donors (Lipinski definition) is 1. The third-order valence-electron chi connectivity index (χ3n) is 3.97. The van der Waals surface area contributed by atoms with E-state index in [9.17, 15) is 4.79 Å². The zero-order valence-electron chi connectivity index (χ0n) is 12.0. The summed E-state index contributed by atoms with van der Waals surface area (Å²) in [5.41, 5.74) is 5.58. The van der Waals surface area contributed by atoms with Gasteiger partial charge in [-0.05, 0) is 25.7 Å². The van der Waals surface area contributed by atoms with Crippen molar-refractivity contribution in [3.8, 4) is 0 Å². The molecule has 18 heavy (non-hydrogen) atoms. The molecule has 1 heterocycles. The average Bonchev–Trinajstić information content (AvgIpc) is 2.88. The number of nitrogens with zero attached hydrogens (tertiary/aromatic N) is 1. The van der Waals surface area contributed by atoms with Gasteiger partial charge in [-0.25, -0.2) is 0 Å². The number of ether oxygens (including phenoxy) is 1. The Labute approximate surface area is 111 Å². The van der Waals surface area contributed by atoms with E-state index in [1.54, 1.807) is 0 Å². The van der Waals surface area contributed by atoms with Gasteiger partial charge < -0.3 is 15.4 Å². The topological polar surface area (TPSA) is 55.6 Å². The summed E-state index contributed by atoms with van der Waals surface area (Å²) < 4.78 is 5.69. The number of amides is 1. The molecule has 0 aliphatic carbocycles. The van der Waals surface area contributed by atoms with Gasteiger partial charge in [-0.2, -0.15) is 0 Å². The molecular formula is C14H28N2O2. The molecule has 0 aromatic heterocycles. The Bertz CT molecular complexity index is 254. The molecular weight excluding hydrogens is 228 g/mol. The minimum absolute atomic E-state index is 0.0748. The van der Waals surface area contributed by atoms with Crippen molar-refractivity contribution >= 4 is 5.91 Å². The van der Waals surface area contributed by atoms with E-state index in [1.165, 1.54) is 0 Å². The maximum atomic E-state index is 12.4. The molecule has 4 heteroatoms. The van der Waals surface area contributed by atoms with E-state index >= 15 is 0 Å². The largest absolute Gasteiger partial charge is 0.364 e. The molecule has 0 unspecified atom stereocenters. The predicted octanol–water partition coefficient (Wildman–Crippen LogP) is 1.78. The molecule has 1 amide bonds. The highest BCUT2D eigenvalue weighted by Gasteiger charge is 2.32. The molecule has 0 spiro atoms. The van der Waals surface area contributed by atoms with Crippen LogP contribution in [-0.4, -0.2) is 42.6 Å². The van der Waals surface area contributed by atoms with Crippen LogP contribution in [0.4, 0.5) is 0 Å². The van der Waals surface area contributed by atoms with Gasteiger partial charge in [-0.15, -0.1) is 0 Å². The lowest BCUT2D eigenvalue weighted by Crippen LogP contribution is -2.42. The summed E-state index contributed by atoms with van der Waals surface area (Å²) in [4.78, 5) is 14.3. The van der Waals surface area contributed by atoms with Crippen LogP contribution in [-0.2, 0) is 9.53 Å².